The van der Waals surface area contributed by atoms with Gasteiger partial charge in [0.2, 0.25) is 0 Å². The largest absolute Gasteiger partial charge is 0.452 e. The quantitative estimate of drug-likeness (QED) is 0.884. The summed E-state index contributed by atoms with van der Waals surface area (Å²) >= 11 is 0. The van der Waals surface area contributed by atoms with E-state index in [1.165, 1.54) is 12.3 Å². The van der Waals surface area contributed by atoms with Gasteiger partial charge in [-0.15, -0.1) is 0 Å². The van der Waals surface area contributed by atoms with Gasteiger partial charge in [0.1, 0.15) is 5.75 Å². The van der Waals surface area contributed by atoms with Crippen LogP contribution in [0.5, 0.6) is 11.5 Å². The highest BCUT2D eigenvalue weighted by Crippen LogP contribution is 2.28. The number of benzene rings is 1. The highest BCUT2D eigenvalue weighted by atomic mass is 32.2. The molecule has 16 heavy (non-hydrogen) atoms. The number of rotatable bonds is 3. The molecule has 0 bridgehead atoms. The second-order valence-electron chi connectivity index (χ2n) is 3.03. The van der Waals surface area contributed by atoms with E-state index in [1.54, 1.807) is 24.3 Å². The molecule has 2 rings (SSSR count). The Labute approximate surface area is 92.5 Å². The fraction of sp³-hybridized carbons (Fsp3) is 0. The van der Waals surface area contributed by atoms with Gasteiger partial charge in [-0.1, -0.05) is 18.2 Å². The number of para-hydroxylation sites is 1. The molecule has 2 N–H and O–H groups in total. The van der Waals surface area contributed by atoms with Gasteiger partial charge >= 0.3 is 0 Å². The van der Waals surface area contributed by atoms with Crippen molar-refractivity contribution in [3.8, 4) is 11.5 Å². The molecule has 0 fully saturated rings. The molecule has 0 aliphatic heterocycles. The molecule has 0 unspecified atom stereocenters. The summed E-state index contributed by atoms with van der Waals surface area (Å²) < 4.78 is 32.3. The maximum atomic E-state index is 11.1. The summed E-state index contributed by atoms with van der Waals surface area (Å²) in [5.74, 6) is 0.586. The van der Waals surface area contributed by atoms with E-state index in [-0.39, 0.29) is 10.8 Å². The summed E-state index contributed by atoms with van der Waals surface area (Å²) in [6, 6.07) is 10.1. The van der Waals surface area contributed by atoms with Crippen LogP contribution in [0.1, 0.15) is 0 Å². The van der Waals surface area contributed by atoms with Crippen molar-refractivity contribution in [2.75, 3.05) is 0 Å². The zero-order valence-corrected chi connectivity index (χ0v) is 8.98. The number of hydrogen-bond acceptors (Lipinski definition) is 4. The minimum Gasteiger partial charge on any atom is -0.452 e. The lowest BCUT2D eigenvalue weighted by Crippen LogP contribution is -2.11. The minimum absolute atomic E-state index is 0.0775. The first kappa shape index (κ1) is 10.7. The van der Waals surface area contributed by atoms with Crippen molar-refractivity contribution >= 4 is 10.0 Å². The first-order valence-electron chi connectivity index (χ1n) is 4.40. The van der Waals surface area contributed by atoms with Crippen LogP contribution in [-0.4, -0.2) is 8.42 Å². The number of primary sulfonamides is 1. The lowest BCUT2D eigenvalue weighted by atomic mass is 10.3. The number of nitrogens with two attached hydrogens (primary N) is 1. The number of sulfonamides is 1. The molecular formula is C10H9NO4S. The molecule has 2 aromatic rings. The van der Waals surface area contributed by atoms with Crippen LogP contribution < -0.4 is 9.88 Å². The zero-order valence-electron chi connectivity index (χ0n) is 8.16. The molecule has 0 atom stereocenters. The molecule has 0 aliphatic rings. The maximum absolute atomic E-state index is 11.1. The summed E-state index contributed by atoms with van der Waals surface area (Å²) in [6.45, 7) is 0. The molecule has 0 radical (unpaired) electrons. The minimum atomic E-state index is -3.90. The van der Waals surface area contributed by atoms with Gasteiger partial charge in [-0.3, -0.25) is 0 Å². The van der Waals surface area contributed by atoms with E-state index in [0.29, 0.717) is 5.75 Å². The molecular weight excluding hydrogens is 230 g/mol. The van der Waals surface area contributed by atoms with Gasteiger partial charge in [0.15, 0.2) is 5.75 Å². The first-order chi connectivity index (χ1) is 7.57. The topological polar surface area (TPSA) is 82.5 Å². The van der Waals surface area contributed by atoms with E-state index >= 15 is 0 Å². The fourth-order valence-electron chi connectivity index (χ4n) is 1.18. The Bertz CT molecular complexity index is 574. The van der Waals surface area contributed by atoms with Gasteiger partial charge in [-0.05, 0) is 12.1 Å². The normalized spacial score (nSPS) is 11.3. The lowest BCUT2D eigenvalue weighted by Gasteiger charge is -2.03. The van der Waals surface area contributed by atoms with Crippen LogP contribution in [0.15, 0.2) is 52.2 Å². The van der Waals surface area contributed by atoms with E-state index in [2.05, 4.69) is 0 Å². The van der Waals surface area contributed by atoms with Crippen molar-refractivity contribution in [2.24, 2.45) is 5.14 Å². The predicted molar refractivity (Wildman–Crippen MR) is 56.6 cm³/mol. The van der Waals surface area contributed by atoms with Crippen LogP contribution in [0, 0.1) is 0 Å². The number of furan rings is 1. The van der Waals surface area contributed by atoms with Crippen molar-refractivity contribution < 1.29 is 17.6 Å². The van der Waals surface area contributed by atoms with E-state index < -0.39 is 10.0 Å². The van der Waals surface area contributed by atoms with Gasteiger partial charge in [0.25, 0.3) is 15.1 Å². The van der Waals surface area contributed by atoms with Crippen LogP contribution >= 0.6 is 0 Å². The van der Waals surface area contributed by atoms with Crippen LogP contribution in [0.3, 0.4) is 0 Å². The highest BCUT2D eigenvalue weighted by molar-refractivity contribution is 7.89. The Balaban J connectivity index is 2.34. The van der Waals surface area contributed by atoms with Crippen molar-refractivity contribution in [3.05, 3.63) is 42.7 Å². The SMILES string of the molecule is NS(=O)(=O)c1occc1Oc1ccccc1. The van der Waals surface area contributed by atoms with Crippen molar-refractivity contribution in [2.45, 2.75) is 5.09 Å². The maximum Gasteiger partial charge on any atom is 0.276 e. The van der Waals surface area contributed by atoms with Crippen LogP contribution in [0.4, 0.5) is 0 Å². The first-order valence-corrected chi connectivity index (χ1v) is 5.95. The monoisotopic (exact) mass is 239 g/mol. The van der Waals surface area contributed by atoms with E-state index in [0.717, 1.165) is 0 Å². The van der Waals surface area contributed by atoms with Gasteiger partial charge in [0.05, 0.1) is 6.26 Å². The van der Waals surface area contributed by atoms with Crippen LogP contribution in [0.2, 0.25) is 0 Å². The molecule has 6 heteroatoms. The molecule has 84 valence electrons. The highest BCUT2D eigenvalue weighted by Gasteiger charge is 2.19. The van der Waals surface area contributed by atoms with Gasteiger partial charge in [0, 0.05) is 6.07 Å². The summed E-state index contributed by atoms with van der Waals surface area (Å²) in [4.78, 5) is 0. The number of hydrogen-bond donors (Lipinski definition) is 1. The third-order valence-corrected chi connectivity index (χ3v) is 2.64. The second kappa shape index (κ2) is 3.99. The molecule has 0 aliphatic carbocycles. The number of ether oxygens (including phenoxy) is 1. The fourth-order valence-corrected chi connectivity index (χ4v) is 1.76. The third-order valence-electron chi connectivity index (χ3n) is 1.83. The molecule has 0 saturated carbocycles. The Morgan fingerprint density at radius 2 is 1.81 bits per heavy atom. The Hall–Kier alpha value is -1.79. The van der Waals surface area contributed by atoms with Gasteiger partial charge in [-0.2, -0.15) is 0 Å². The summed E-state index contributed by atoms with van der Waals surface area (Å²) in [5, 5.41) is 4.58. The Morgan fingerprint density at radius 1 is 1.12 bits per heavy atom. The molecule has 1 aromatic heterocycles. The summed E-state index contributed by atoms with van der Waals surface area (Å²) in [6.07, 6.45) is 1.21. The van der Waals surface area contributed by atoms with Crippen molar-refractivity contribution in [1.29, 1.82) is 0 Å². The molecule has 5 nitrogen and oxygen atoms in total. The van der Waals surface area contributed by atoms with Crippen molar-refractivity contribution in [1.82, 2.24) is 0 Å². The standard InChI is InChI=1S/C10H9NO4S/c11-16(12,13)10-9(6-7-14-10)15-8-4-2-1-3-5-8/h1-7H,(H2,11,12,13). The predicted octanol–water partition coefficient (Wildman–Crippen LogP) is 1.72. The average Bonchev–Trinajstić information content (AvgIpc) is 2.67. The van der Waals surface area contributed by atoms with Crippen molar-refractivity contribution in [3.63, 3.8) is 0 Å². The smallest absolute Gasteiger partial charge is 0.276 e. The Kier molecular flexibility index (Phi) is 2.67. The third kappa shape index (κ3) is 2.23. The molecule has 0 spiro atoms. The summed E-state index contributed by atoms with van der Waals surface area (Å²) in [7, 11) is -3.90. The molecule has 0 amide bonds. The van der Waals surface area contributed by atoms with E-state index in [9.17, 15) is 8.42 Å². The van der Waals surface area contributed by atoms with Gasteiger partial charge < -0.3 is 9.15 Å². The lowest BCUT2D eigenvalue weighted by molar-refractivity contribution is 0.397. The summed E-state index contributed by atoms with van der Waals surface area (Å²) in [5.41, 5.74) is 0. The molecule has 0 saturated heterocycles. The average molecular weight is 239 g/mol. The van der Waals surface area contributed by atoms with E-state index in [4.69, 9.17) is 14.3 Å². The van der Waals surface area contributed by atoms with Crippen LogP contribution in [0.25, 0.3) is 0 Å². The molecule has 1 heterocycles. The second-order valence-corrected chi connectivity index (χ2v) is 4.49. The van der Waals surface area contributed by atoms with Gasteiger partial charge in [-0.25, -0.2) is 13.6 Å². The molecule has 1 aromatic carbocycles. The zero-order chi connectivity index (χ0) is 11.6. The van der Waals surface area contributed by atoms with Crippen LogP contribution in [-0.2, 0) is 10.0 Å². The Morgan fingerprint density at radius 3 is 2.44 bits per heavy atom. The van der Waals surface area contributed by atoms with E-state index in [1.807, 2.05) is 6.07 Å².